The van der Waals surface area contributed by atoms with Gasteiger partial charge in [0.1, 0.15) is 11.6 Å². The van der Waals surface area contributed by atoms with Crippen LogP contribution in [0.4, 0.5) is 14.9 Å². The van der Waals surface area contributed by atoms with Crippen LogP contribution in [0.5, 0.6) is 5.75 Å². The van der Waals surface area contributed by atoms with Crippen LogP contribution < -0.4 is 15.4 Å². The van der Waals surface area contributed by atoms with Crippen molar-refractivity contribution in [3.05, 3.63) is 86.6 Å². The molecule has 4 rings (SSSR count). The molecule has 3 aromatic rings. The quantitative estimate of drug-likeness (QED) is 0.327. The van der Waals surface area contributed by atoms with E-state index in [1.807, 2.05) is 0 Å². The van der Waals surface area contributed by atoms with Crippen LogP contribution in [0.3, 0.4) is 0 Å². The number of rotatable bonds is 7. The Kier molecular flexibility index (Phi) is 8.31. The SMILES string of the molecule is COc1cc(S(=O)(=O)Cc2cc(F)c3c(c2)CCCC3)ccc1NC(=O)NC(C)c1cccc(Cl)c1Cl. The fraction of sp³-hybridized carbons (Fsp3) is 0.296. The highest BCUT2D eigenvalue weighted by molar-refractivity contribution is 7.90. The van der Waals surface area contributed by atoms with E-state index in [4.69, 9.17) is 27.9 Å². The molecule has 10 heteroatoms. The standard InChI is InChI=1S/C27H27Cl2FN2O4S/c1-16(20-8-5-9-22(28)26(20)29)31-27(33)32-24-11-10-19(14-25(24)36-2)37(34,35)15-17-12-18-6-3-4-7-21(18)23(30)13-17/h5,8-14,16H,3-4,6-7,15H2,1-2H3,(H2,31,32,33). The van der Waals surface area contributed by atoms with Gasteiger partial charge in [0.05, 0.1) is 39.5 Å². The van der Waals surface area contributed by atoms with Gasteiger partial charge in [-0.3, -0.25) is 0 Å². The lowest BCUT2D eigenvalue weighted by molar-refractivity contribution is 0.249. The highest BCUT2D eigenvalue weighted by Gasteiger charge is 2.22. The van der Waals surface area contributed by atoms with Gasteiger partial charge in [0.25, 0.3) is 0 Å². The third-order valence-electron chi connectivity index (χ3n) is 6.40. The zero-order chi connectivity index (χ0) is 26.7. The Bertz CT molecular complexity index is 1450. The smallest absolute Gasteiger partial charge is 0.319 e. The Morgan fingerprint density at radius 2 is 1.86 bits per heavy atom. The third kappa shape index (κ3) is 6.20. The van der Waals surface area contributed by atoms with E-state index in [1.165, 1.54) is 31.4 Å². The van der Waals surface area contributed by atoms with Gasteiger partial charge >= 0.3 is 6.03 Å². The molecule has 1 atom stereocenters. The number of hydrogen-bond donors (Lipinski definition) is 2. The van der Waals surface area contributed by atoms with Gasteiger partial charge in [-0.15, -0.1) is 0 Å². The Hall–Kier alpha value is -2.81. The summed E-state index contributed by atoms with van der Waals surface area (Å²) in [6.07, 6.45) is 3.33. The number of carbonyl (C=O) groups excluding carboxylic acids is 1. The number of carbonyl (C=O) groups is 1. The van der Waals surface area contributed by atoms with Gasteiger partial charge < -0.3 is 15.4 Å². The lowest BCUT2D eigenvalue weighted by Gasteiger charge is -2.18. The molecule has 0 radical (unpaired) electrons. The number of sulfone groups is 1. The maximum absolute atomic E-state index is 14.6. The fourth-order valence-electron chi connectivity index (χ4n) is 4.52. The van der Waals surface area contributed by atoms with Crippen molar-refractivity contribution in [3.63, 3.8) is 0 Å². The van der Waals surface area contributed by atoms with E-state index in [-0.39, 0.29) is 27.9 Å². The molecule has 3 aromatic carbocycles. The Morgan fingerprint density at radius 3 is 2.62 bits per heavy atom. The number of hydrogen-bond acceptors (Lipinski definition) is 4. The molecule has 0 heterocycles. The van der Waals surface area contributed by atoms with E-state index in [2.05, 4.69) is 10.6 Å². The number of amides is 2. The molecule has 0 saturated heterocycles. The summed E-state index contributed by atoms with van der Waals surface area (Å²) in [4.78, 5) is 12.6. The highest BCUT2D eigenvalue weighted by atomic mass is 35.5. The predicted octanol–water partition coefficient (Wildman–Crippen LogP) is 6.88. The molecular formula is C27H27Cl2FN2O4S. The number of aryl methyl sites for hydroxylation is 1. The summed E-state index contributed by atoms with van der Waals surface area (Å²) in [5.41, 5.74) is 2.91. The summed E-state index contributed by atoms with van der Waals surface area (Å²) < 4.78 is 46.2. The van der Waals surface area contributed by atoms with Gasteiger partial charge in [-0.1, -0.05) is 41.4 Å². The summed E-state index contributed by atoms with van der Waals surface area (Å²) in [6.45, 7) is 1.76. The van der Waals surface area contributed by atoms with Crippen molar-refractivity contribution in [3.8, 4) is 5.75 Å². The Labute approximate surface area is 226 Å². The number of nitrogens with one attached hydrogen (secondary N) is 2. The van der Waals surface area contributed by atoms with Crippen LogP contribution in [0.2, 0.25) is 10.0 Å². The number of halogens is 3. The van der Waals surface area contributed by atoms with Gasteiger partial charge in [0.2, 0.25) is 0 Å². The molecule has 1 aliphatic rings. The molecule has 196 valence electrons. The molecule has 0 spiro atoms. The lowest BCUT2D eigenvalue weighted by atomic mass is 9.90. The molecular weight excluding hydrogens is 538 g/mol. The maximum Gasteiger partial charge on any atom is 0.319 e. The molecule has 0 bridgehead atoms. The number of fused-ring (bicyclic) bond motifs is 1. The molecule has 1 unspecified atom stereocenters. The Morgan fingerprint density at radius 1 is 1.11 bits per heavy atom. The lowest BCUT2D eigenvalue weighted by Crippen LogP contribution is -2.31. The molecule has 0 fully saturated rings. The minimum Gasteiger partial charge on any atom is -0.495 e. The fourth-order valence-corrected chi connectivity index (χ4v) is 6.32. The average molecular weight is 565 g/mol. The number of anilines is 1. The van der Waals surface area contributed by atoms with Gasteiger partial charge in [0, 0.05) is 6.07 Å². The molecule has 37 heavy (non-hydrogen) atoms. The van der Waals surface area contributed by atoms with Crippen molar-refractivity contribution in [1.82, 2.24) is 5.32 Å². The van der Waals surface area contributed by atoms with Crippen molar-refractivity contribution < 1.29 is 22.3 Å². The second kappa shape index (κ2) is 11.3. The van der Waals surface area contributed by atoms with Crippen molar-refractivity contribution in [1.29, 1.82) is 0 Å². The summed E-state index contributed by atoms with van der Waals surface area (Å²) in [5, 5.41) is 6.17. The van der Waals surface area contributed by atoms with Crippen LogP contribution in [-0.4, -0.2) is 21.6 Å². The summed E-state index contributed by atoms with van der Waals surface area (Å²) in [6, 6.07) is 11.5. The van der Waals surface area contributed by atoms with E-state index in [1.54, 1.807) is 31.2 Å². The van der Waals surface area contributed by atoms with Crippen LogP contribution in [0, 0.1) is 5.82 Å². The van der Waals surface area contributed by atoms with E-state index < -0.39 is 21.9 Å². The van der Waals surface area contributed by atoms with Crippen molar-refractivity contribution in [2.75, 3.05) is 12.4 Å². The molecule has 0 saturated carbocycles. The molecule has 2 N–H and O–H groups in total. The zero-order valence-corrected chi connectivity index (χ0v) is 22.7. The van der Waals surface area contributed by atoms with Crippen molar-refractivity contribution >= 4 is 44.8 Å². The second-order valence-corrected chi connectivity index (χ2v) is 11.8. The van der Waals surface area contributed by atoms with Crippen molar-refractivity contribution in [2.45, 2.75) is 49.3 Å². The monoisotopic (exact) mass is 564 g/mol. The van der Waals surface area contributed by atoms with Crippen LogP contribution in [-0.2, 0) is 28.4 Å². The minimum absolute atomic E-state index is 0.00696. The number of urea groups is 1. The molecule has 0 aromatic heterocycles. The summed E-state index contributed by atoms with van der Waals surface area (Å²) in [5.74, 6) is -0.522. The zero-order valence-electron chi connectivity index (χ0n) is 20.4. The second-order valence-electron chi connectivity index (χ2n) is 9.01. The molecule has 2 amide bonds. The topological polar surface area (TPSA) is 84.5 Å². The molecule has 0 aliphatic heterocycles. The first-order valence-corrected chi connectivity index (χ1v) is 14.2. The molecule has 1 aliphatic carbocycles. The van der Waals surface area contributed by atoms with E-state index in [9.17, 15) is 17.6 Å². The largest absolute Gasteiger partial charge is 0.495 e. The minimum atomic E-state index is -3.80. The van der Waals surface area contributed by atoms with Gasteiger partial charge in [-0.25, -0.2) is 17.6 Å². The maximum atomic E-state index is 14.6. The first-order chi connectivity index (χ1) is 17.6. The van der Waals surface area contributed by atoms with Gasteiger partial charge in [0.15, 0.2) is 9.84 Å². The van der Waals surface area contributed by atoms with E-state index in [0.717, 1.165) is 24.8 Å². The average Bonchev–Trinajstić information content (AvgIpc) is 2.85. The number of ether oxygens (including phenoxy) is 1. The van der Waals surface area contributed by atoms with Crippen LogP contribution >= 0.6 is 23.2 Å². The predicted molar refractivity (Wildman–Crippen MR) is 144 cm³/mol. The van der Waals surface area contributed by atoms with E-state index in [0.29, 0.717) is 33.2 Å². The normalized spacial score (nSPS) is 14.0. The molecule has 6 nitrogen and oxygen atoms in total. The van der Waals surface area contributed by atoms with Gasteiger partial charge in [-0.05, 0) is 79.1 Å². The van der Waals surface area contributed by atoms with Crippen LogP contribution in [0.1, 0.15) is 48.1 Å². The third-order valence-corrected chi connectivity index (χ3v) is 8.92. The number of methoxy groups -OCH3 is 1. The van der Waals surface area contributed by atoms with Crippen LogP contribution in [0.25, 0.3) is 0 Å². The number of benzene rings is 3. The highest BCUT2D eigenvalue weighted by Crippen LogP contribution is 2.32. The van der Waals surface area contributed by atoms with Gasteiger partial charge in [-0.2, -0.15) is 0 Å². The van der Waals surface area contributed by atoms with Crippen LogP contribution in [0.15, 0.2) is 53.4 Å². The van der Waals surface area contributed by atoms with E-state index >= 15 is 0 Å². The first kappa shape index (κ1) is 27.2. The first-order valence-electron chi connectivity index (χ1n) is 11.8. The summed E-state index contributed by atoms with van der Waals surface area (Å²) >= 11 is 12.3. The van der Waals surface area contributed by atoms with Crippen molar-refractivity contribution in [2.24, 2.45) is 0 Å². The summed E-state index contributed by atoms with van der Waals surface area (Å²) in [7, 11) is -2.42. The Balaban J connectivity index is 1.49.